The van der Waals surface area contributed by atoms with Crippen molar-refractivity contribution >= 4 is 21.7 Å². The van der Waals surface area contributed by atoms with Crippen molar-refractivity contribution in [1.82, 2.24) is 4.90 Å². The van der Waals surface area contributed by atoms with Gasteiger partial charge in [-0.3, -0.25) is 4.90 Å². The zero-order valence-corrected chi connectivity index (χ0v) is 14.3. The molecule has 134 valence electrons. The number of halogens is 4. The minimum absolute atomic E-state index is 0.0377. The van der Waals surface area contributed by atoms with E-state index in [0.717, 1.165) is 38.5 Å². The molecule has 1 fully saturated rings. The van der Waals surface area contributed by atoms with E-state index in [-0.39, 0.29) is 10.9 Å². The molecule has 1 aromatic rings. The Kier molecular flexibility index (Phi) is 5.83. The third-order valence-electron chi connectivity index (χ3n) is 3.89. The molecule has 0 unspecified atom stereocenters. The van der Waals surface area contributed by atoms with Crippen LogP contribution in [0.15, 0.2) is 30.9 Å². The van der Waals surface area contributed by atoms with Crippen LogP contribution in [0.3, 0.4) is 0 Å². The number of likely N-dealkylation sites (tertiary alicyclic amines) is 1. The smallest absolute Gasteiger partial charge is 0.374 e. The Bertz CT molecular complexity index is 698. The van der Waals surface area contributed by atoms with Crippen molar-refractivity contribution in [2.24, 2.45) is 0 Å². The van der Waals surface area contributed by atoms with Crippen LogP contribution in [0.2, 0.25) is 5.02 Å². The van der Waals surface area contributed by atoms with Gasteiger partial charge in [-0.1, -0.05) is 29.8 Å². The van der Waals surface area contributed by atoms with Crippen LogP contribution in [-0.4, -0.2) is 38.5 Å². The van der Waals surface area contributed by atoms with E-state index in [1.54, 1.807) is 6.07 Å². The molecule has 0 atom stereocenters. The van der Waals surface area contributed by atoms with Crippen molar-refractivity contribution in [1.29, 1.82) is 0 Å². The lowest BCUT2D eigenvalue weighted by Gasteiger charge is -2.31. The number of rotatable bonds is 5. The van der Waals surface area contributed by atoms with Gasteiger partial charge in [0.25, 0.3) is 0 Å². The van der Waals surface area contributed by atoms with Gasteiger partial charge in [-0.15, -0.1) is 6.58 Å². The first-order valence-corrected chi connectivity index (χ1v) is 9.06. The predicted octanol–water partition coefficient (Wildman–Crippen LogP) is 3.93. The highest BCUT2D eigenvalue weighted by atomic mass is 35.5. The fourth-order valence-corrected chi connectivity index (χ4v) is 3.52. The van der Waals surface area contributed by atoms with E-state index in [2.05, 4.69) is 15.7 Å². The molecule has 1 aliphatic rings. The number of hydrogen-bond donors (Lipinski definition) is 0. The number of alkyl halides is 3. The zero-order chi connectivity index (χ0) is 18.0. The highest BCUT2D eigenvalue weighted by molar-refractivity contribution is 7.88. The summed E-state index contributed by atoms with van der Waals surface area (Å²) < 4.78 is 63.8. The van der Waals surface area contributed by atoms with Crippen molar-refractivity contribution in [3.05, 3.63) is 41.4 Å². The minimum Gasteiger partial charge on any atom is -0.374 e. The van der Waals surface area contributed by atoms with Gasteiger partial charge in [-0.2, -0.15) is 21.6 Å². The molecule has 0 radical (unpaired) electrons. The van der Waals surface area contributed by atoms with Crippen LogP contribution >= 0.6 is 11.6 Å². The summed E-state index contributed by atoms with van der Waals surface area (Å²) in [5.74, 6) is -0.462. The van der Waals surface area contributed by atoms with Crippen LogP contribution in [0.25, 0.3) is 0 Å². The second-order valence-electron chi connectivity index (χ2n) is 5.51. The van der Waals surface area contributed by atoms with E-state index in [1.165, 1.54) is 6.07 Å². The molecule has 0 aromatic heterocycles. The Morgan fingerprint density at radius 3 is 2.50 bits per heavy atom. The highest BCUT2D eigenvalue weighted by Gasteiger charge is 2.48. The second-order valence-corrected chi connectivity index (χ2v) is 7.42. The van der Waals surface area contributed by atoms with Crippen molar-refractivity contribution in [3.8, 4) is 5.75 Å². The van der Waals surface area contributed by atoms with E-state index in [1.807, 2.05) is 6.08 Å². The molecule has 1 heterocycles. The van der Waals surface area contributed by atoms with Crippen LogP contribution in [0.4, 0.5) is 13.2 Å². The van der Waals surface area contributed by atoms with E-state index in [0.29, 0.717) is 5.56 Å². The Morgan fingerprint density at radius 2 is 1.96 bits per heavy atom. The summed E-state index contributed by atoms with van der Waals surface area (Å²) in [4.78, 5) is 2.20. The fraction of sp³-hybridized carbons (Fsp3) is 0.467. The van der Waals surface area contributed by atoms with Gasteiger partial charge in [0.1, 0.15) is 0 Å². The molecule has 0 saturated carbocycles. The Labute approximate surface area is 144 Å². The molecule has 9 heteroatoms. The SMILES string of the molecule is C=CCN1CCC(c2cccc(OS(=O)(=O)C(F)(F)F)c2Cl)CC1. The predicted molar refractivity (Wildman–Crippen MR) is 85.7 cm³/mol. The molecule has 1 saturated heterocycles. The van der Waals surface area contributed by atoms with E-state index < -0.39 is 21.4 Å². The van der Waals surface area contributed by atoms with Crippen LogP contribution in [0.5, 0.6) is 5.75 Å². The standard InChI is InChI=1S/C15H17ClF3NO3S/c1-2-8-20-9-6-11(7-10-20)12-4-3-5-13(14(12)16)23-24(21,22)15(17,18)19/h2-5,11H,1,6-10H2. The van der Waals surface area contributed by atoms with Gasteiger partial charge in [0.05, 0.1) is 5.02 Å². The van der Waals surface area contributed by atoms with Crippen molar-refractivity contribution in [2.45, 2.75) is 24.3 Å². The summed E-state index contributed by atoms with van der Waals surface area (Å²) in [7, 11) is -5.74. The summed E-state index contributed by atoms with van der Waals surface area (Å²) in [5.41, 5.74) is -4.90. The van der Waals surface area contributed by atoms with Crippen LogP contribution < -0.4 is 4.18 Å². The number of piperidine rings is 1. The van der Waals surface area contributed by atoms with Gasteiger partial charge in [-0.25, -0.2) is 0 Å². The number of benzene rings is 1. The van der Waals surface area contributed by atoms with Crippen molar-refractivity contribution in [3.63, 3.8) is 0 Å². The topological polar surface area (TPSA) is 46.6 Å². The molecule has 24 heavy (non-hydrogen) atoms. The summed E-state index contributed by atoms with van der Waals surface area (Å²) in [6.45, 7) is 6.06. The van der Waals surface area contributed by atoms with Gasteiger partial charge < -0.3 is 4.18 Å². The van der Waals surface area contributed by atoms with Crippen LogP contribution in [-0.2, 0) is 10.1 Å². The highest BCUT2D eigenvalue weighted by Crippen LogP contribution is 2.39. The molecular formula is C15H17ClF3NO3S. The average Bonchev–Trinajstić information content (AvgIpc) is 2.49. The maximum absolute atomic E-state index is 12.5. The summed E-state index contributed by atoms with van der Waals surface area (Å²) in [6.07, 6.45) is 3.34. The Morgan fingerprint density at radius 1 is 1.33 bits per heavy atom. The third-order valence-corrected chi connectivity index (χ3v) is 5.26. The molecular weight excluding hydrogens is 367 g/mol. The quantitative estimate of drug-likeness (QED) is 0.439. The summed E-state index contributed by atoms with van der Waals surface area (Å²) >= 11 is 6.11. The molecule has 4 nitrogen and oxygen atoms in total. The fourth-order valence-electron chi connectivity index (χ4n) is 2.68. The maximum Gasteiger partial charge on any atom is 0.534 e. The second kappa shape index (κ2) is 7.33. The van der Waals surface area contributed by atoms with E-state index >= 15 is 0 Å². The lowest BCUT2D eigenvalue weighted by molar-refractivity contribution is -0.0500. The van der Waals surface area contributed by atoms with Gasteiger partial charge in [-0.05, 0) is 43.5 Å². The first-order chi connectivity index (χ1) is 11.2. The van der Waals surface area contributed by atoms with E-state index in [4.69, 9.17) is 11.6 Å². The monoisotopic (exact) mass is 383 g/mol. The molecule has 0 aliphatic carbocycles. The molecule has 0 amide bonds. The molecule has 0 bridgehead atoms. The lowest BCUT2D eigenvalue weighted by Crippen LogP contribution is -2.33. The number of hydrogen-bond acceptors (Lipinski definition) is 4. The van der Waals surface area contributed by atoms with Crippen LogP contribution in [0, 0.1) is 0 Å². The maximum atomic E-state index is 12.5. The summed E-state index contributed by atoms with van der Waals surface area (Å²) in [6, 6.07) is 4.24. The first kappa shape index (κ1) is 19.1. The first-order valence-electron chi connectivity index (χ1n) is 7.28. The Balaban J connectivity index is 2.19. The Hall–Kier alpha value is -1.25. The largest absolute Gasteiger partial charge is 0.534 e. The lowest BCUT2D eigenvalue weighted by atomic mass is 9.89. The molecule has 1 aliphatic heterocycles. The molecule has 1 aromatic carbocycles. The van der Waals surface area contributed by atoms with Crippen LogP contribution in [0.1, 0.15) is 24.3 Å². The van der Waals surface area contributed by atoms with Gasteiger partial charge in [0.15, 0.2) is 5.75 Å². The van der Waals surface area contributed by atoms with Crippen molar-refractivity contribution < 1.29 is 25.8 Å². The third kappa shape index (κ3) is 4.23. The van der Waals surface area contributed by atoms with Gasteiger partial charge in [0.2, 0.25) is 0 Å². The summed E-state index contributed by atoms with van der Waals surface area (Å²) in [5, 5.41) is -0.0903. The molecule has 0 N–H and O–H groups in total. The van der Waals surface area contributed by atoms with E-state index in [9.17, 15) is 21.6 Å². The van der Waals surface area contributed by atoms with Crippen molar-refractivity contribution in [2.75, 3.05) is 19.6 Å². The number of nitrogens with zero attached hydrogens (tertiary/aromatic N) is 1. The average molecular weight is 384 g/mol. The molecule has 2 rings (SSSR count). The normalized spacial score (nSPS) is 17.7. The zero-order valence-electron chi connectivity index (χ0n) is 12.7. The van der Waals surface area contributed by atoms with Gasteiger partial charge in [0, 0.05) is 6.54 Å². The van der Waals surface area contributed by atoms with Gasteiger partial charge >= 0.3 is 15.6 Å². The minimum atomic E-state index is -5.74. The molecule has 0 spiro atoms.